The molecule has 0 amide bonds. The molecule has 126 valence electrons. The molecule has 6 nitrogen and oxygen atoms in total. The van der Waals surface area contributed by atoms with E-state index in [0.717, 1.165) is 0 Å². The number of rotatable bonds is 2. The van der Waals surface area contributed by atoms with Crippen molar-refractivity contribution in [2.45, 2.75) is 0 Å². The smallest absolute Gasteiger partial charge is 0.231 e. The molecule has 2 N–H and O–H groups in total. The quantitative estimate of drug-likeness (QED) is 0.481. The van der Waals surface area contributed by atoms with E-state index in [1.807, 2.05) is 0 Å². The number of phenols is 2. The Bertz CT molecular complexity index is 1120. The fourth-order valence-corrected chi connectivity index (χ4v) is 2.89. The summed E-state index contributed by atoms with van der Waals surface area (Å²) in [5.41, 5.74) is 3.29. The zero-order valence-electron chi connectivity index (χ0n) is 13.4. The fraction of sp³-hybridized carbons (Fsp3) is 0. The molecule has 26 heavy (non-hydrogen) atoms. The van der Waals surface area contributed by atoms with Gasteiger partial charge in [0.25, 0.3) is 0 Å². The average molecular weight is 344 g/mol. The Morgan fingerprint density at radius 3 is 1.54 bits per heavy atom. The maximum Gasteiger partial charge on any atom is 0.231 e. The van der Waals surface area contributed by atoms with Crippen molar-refractivity contribution in [3.63, 3.8) is 0 Å². The molecule has 0 aliphatic carbocycles. The van der Waals surface area contributed by atoms with E-state index in [-0.39, 0.29) is 11.5 Å². The van der Waals surface area contributed by atoms with Gasteiger partial charge in [0.2, 0.25) is 11.8 Å². The number of hydrogen-bond donors (Lipinski definition) is 2. The van der Waals surface area contributed by atoms with E-state index < -0.39 is 0 Å². The molecule has 3 aromatic carbocycles. The number of phenolic OH excluding ortho intramolecular Hbond substituents is 2. The standard InChI is InChI=1S/C20H12N2O4/c23-15-7-3-1-5-11(15)19-21-13-9-14-18(10-17(13)25-19)26-20(22-14)12-6-2-4-8-16(12)24/h1-10,23-24H. The summed E-state index contributed by atoms with van der Waals surface area (Å²) >= 11 is 0. The maximum absolute atomic E-state index is 9.97. The molecule has 0 aliphatic heterocycles. The predicted octanol–water partition coefficient (Wildman–Crippen LogP) is 4.71. The molecule has 0 unspecified atom stereocenters. The van der Waals surface area contributed by atoms with Gasteiger partial charge in [0.15, 0.2) is 11.2 Å². The largest absolute Gasteiger partial charge is 0.507 e. The summed E-state index contributed by atoms with van der Waals surface area (Å²) in [6.07, 6.45) is 0. The Kier molecular flexibility index (Phi) is 2.99. The van der Waals surface area contributed by atoms with E-state index in [4.69, 9.17) is 8.83 Å². The van der Waals surface area contributed by atoms with Crippen LogP contribution < -0.4 is 0 Å². The highest BCUT2D eigenvalue weighted by Gasteiger charge is 2.16. The highest BCUT2D eigenvalue weighted by Crippen LogP contribution is 2.35. The van der Waals surface area contributed by atoms with Crippen LogP contribution in [0.4, 0.5) is 0 Å². The van der Waals surface area contributed by atoms with Crippen molar-refractivity contribution in [3.05, 3.63) is 60.7 Å². The van der Waals surface area contributed by atoms with Crippen LogP contribution in [0.5, 0.6) is 11.5 Å². The van der Waals surface area contributed by atoms with Gasteiger partial charge in [-0.05, 0) is 30.3 Å². The van der Waals surface area contributed by atoms with Crippen LogP contribution in [-0.2, 0) is 0 Å². The molecule has 5 rings (SSSR count). The molecule has 0 saturated heterocycles. The molecule has 0 spiro atoms. The molecule has 2 heterocycles. The zero-order valence-corrected chi connectivity index (χ0v) is 13.4. The first-order chi connectivity index (χ1) is 12.7. The molecule has 0 bridgehead atoms. The molecule has 0 saturated carbocycles. The number of benzene rings is 3. The van der Waals surface area contributed by atoms with Gasteiger partial charge in [-0.3, -0.25) is 0 Å². The van der Waals surface area contributed by atoms with Crippen molar-refractivity contribution in [1.29, 1.82) is 0 Å². The van der Waals surface area contributed by atoms with E-state index in [1.165, 1.54) is 0 Å². The van der Waals surface area contributed by atoms with Crippen LogP contribution in [0.25, 0.3) is 45.1 Å². The number of hydrogen-bond acceptors (Lipinski definition) is 6. The van der Waals surface area contributed by atoms with Crippen LogP contribution in [0.2, 0.25) is 0 Å². The maximum atomic E-state index is 9.97. The van der Waals surface area contributed by atoms with Crippen LogP contribution in [0.15, 0.2) is 69.5 Å². The minimum Gasteiger partial charge on any atom is -0.507 e. The Morgan fingerprint density at radius 1 is 0.615 bits per heavy atom. The summed E-state index contributed by atoms with van der Waals surface area (Å²) in [6.45, 7) is 0. The Labute approximate surface area is 147 Å². The molecular weight excluding hydrogens is 332 g/mol. The molecule has 0 fully saturated rings. The molecular formula is C20H12N2O4. The van der Waals surface area contributed by atoms with Gasteiger partial charge < -0.3 is 19.0 Å². The lowest BCUT2D eigenvalue weighted by molar-refractivity contribution is 0.473. The van der Waals surface area contributed by atoms with Crippen molar-refractivity contribution in [2.75, 3.05) is 0 Å². The second-order valence-electron chi connectivity index (χ2n) is 5.86. The molecule has 2 aromatic heterocycles. The van der Waals surface area contributed by atoms with E-state index >= 15 is 0 Å². The van der Waals surface area contributed by atoms with Gasteiger partial charge in [0.05, 0.1) is 11.1 Å². The molecule has 0 atom stereocenters. The van der Waals surface area contributed by atoms with Crippen molar-refractivity contribution in [1.82, 2.24) is 9.97 Å². The van der Waals surface area contributed by atoms with Crippen LogP contribution >= 0.6 is 0 Å². The topological polar surface area (TPSA) is 92.5 Å². The van der Waals surface area contributed by atoms with E-state index in [9.17, 15) is 10.2 Å². The normalized spacial score (nSPS) is 11.4. The number of para-hydroxylation sites is 2. The number of fused-ring (bicyclic) bond motifs is 2. The Morgan fingerprint density at radius 2 is 1.08 bits per heavy atom. The third-order valence-electron chi connectivity index (χ3n) is 4.17. The van der Waals surface area contributed by atoms with Crippen molar-refractivity contribution < 1.29 is 19.0 Å². The van der Waals surface area contributed by atoms with E-state index in [1.54, 1.807) is 60.7 Å². The third-order valence-corrected chi connectivity index (χ3v) is 4.17. The first kappa shape index (κ1) is 14.5. The first-order valence-corrected chi connectivity index (χ1v) is 7.97. The van der Waals surface area contributed by atoms with Crippen LogP contribution in [-0.4, -0.2) is 20.2 Å². The van der Waals surface area contributed by atoms with Crippen molar-refractivity contribution in [3.8, 4) is 34.4 Å². The summed E-state index contributed by atoms with van der Waals surface area (Å²) in [5.74, 6) is 0.851. The van der Waals surface area contributed by atoms with Crippen LogP contribution in [0, 0.1) is 0 Å². The van der Waals surface area contributed by atoms with E-state index in [2.05, 4.69) is 9.97 Å². The summed E-state index contributed by atoms with van der Waals surface area (Å²) < 4.78 is 11.5. The second-order valence-corrected chi connectivity index (χ2v) is 5.86. The summed E-state index contributed by atoms with van der Waals surface area (Å²) in [5, 5.41) is 19.9. The lowest BCUT2D eigenvalue weighted by Crippen LogP contribution is -1.78. The summed E-state index contributed by atoms with van der Waals surface area (Å²) in [6, 6.07) is 17.2. The van der Waals surface area contributed by atoms with Gasteiger partial charge in [-0.15, -0.1) is 0 Å². The number of aromatic hydroxyl groups is 2. The SMILES string of the molecule is Oc1ccccc1-c1nc2cc3nc(-c4ccccc4O)oc3cc2o1. The number of aromatic nitrogens is 2. The van der Waals surface area contributed by atoms with Gasteiger partial charge >= 0.3 is 0 Å². The van der Waals surface area contributed by atoms with Gasteiger partial charge in [-0.25, -0.2) is 9.97 Å². The predicted molar refractivity (Wildman–Crippen MR) is 95.8 cm³/mol. The monoisotopic (exact) mass is 344 g/mol. The summed E-state index contributed by atoms with van der Waals surface area (Å²) in [7, 11) is 0. The lowest BCUT2D eigenvalue weighted by atomic mass is 10.2. The average Bonchev–Trinajstić information content (AvgIpc) is 3.23. The Balaban J connectivity index is 1.66. The zero-order chi connectivity index (χ0) is 17.7. The van der Waals surface area contributed by atoms with E-state index in [0.29, 0.717) is 45.1 Å². The molecule has 5 aromatic rings. The Hall–Kier alpha value is -3.80. The lowest BCUT2D eigenvalue weighted by Gasteiger charge is -1.97. The van der Waals surface area contributed by atoms with Crippen molar-refractivity contribution in [2.24, 2.45) is 0 Å². The number of oxazole rings is 2. The van der Waals surface area contributed by atoms with Gasteiger partial charge in [-0.2, -0.15) is 0 Å². The molecule has 0 radical (unpaired) electrons. The van der Waals surface area contributed by atoms with Crippen molar-refractivity contribution >= 4 is 22.2 Å². The minimum absolute atomic E-state index is 0.0997. The fourth-order valence-electron chi connectivity index (χ4n) is 2.89. The second kappa shape index (κ2) is 5.35. The van der Waals surface area contributed by atoms with Gasteiger partial charge in [0.1, 0.15) is 22.5 Å². The minimum atomic E-state index is 0.0997. The number of nitrogens with zero attached hydrogens (tertiary/aromatic N) is 2. The first-order valence-electron chi connectivity index (χ1n) is 7.97. The third kappa shape index (κ3) is 2.20. The molecule has 0 aliphatic rings. The summed E-state index contributed by atoms with van der Waals surface area (Å²) in [4.78, 5) is 8.87. The van der Waals surface area contributed by atoms with Crippen LogP contribution in [0.1, 0.15) is 0 Å². The molecule has 6 heteroatoms. The van der Waals surface area contributed by atoms with Gasteiger partial charge in [-0.1, -0.05) is 24.3 Å². The van der Waals surface area contributed by atoms with Crippen LogP contribution in [0.3, 0.4) is 0 Å². The van der Waals surface area contributed by atoms with Gasteiger partial charge in [0, 0.05) is 6.07 Å². The highest BCUT2D eigenvalue weighted by atomic mass is 16.4. The highest BCUT2D eigenvalue weighted by molar-refractivity contribution is 5.91.